The fraction of sp³-hybridized carbons (Fsp3) is 0.600. The van der Waals surface area contributed by atoms with Crippen LogP contribution in [0.4, 0.5) is 0 Å². The van der Waals surface area contributed by atoms with Crippen molar-refractivity contribution in [3.63, 3.8) is 0 Å². The number of carboxylic acid groups (broad SMARTS) is 2. The van der Waals surface area contributed by atoms with Crippen LogP contribution in [0.2, 0.25) is 0 Å². The van der Waals surface area contributed by atoms with Crippen molar-refractivity contribution in [2.24, 2.45) is 5.41 Å². The molecule has 0 aromatic carbocycles. The minimum atomic E-state index is -1.74. The van der Waals surface area contributed by atoms with Crippen molar-refractivity contribution >= 4 is 11.9 Å². The van der Waals surface area contributed by atoms with Crippen LogP contribution in [0.15, 0.2) is 11.6 Å². The Kier molecular flexibility index (Phi) is 2.93. The fourth-order valence-electron chi connectivity index (χ4n) is 1.66. The maximum Gasteiger partial charge on any atom is 0.324 e. The molecule has 4 nitrogen and oxygen atoms in total. The van der Waals surface area contributed by atoms with Crippen molar-refractivity contribution in [2.45, 2.75) is 32.6 Å². The monoisotopic (exact) mass is 198 g/mol. The predicted octanol–water partition coefficient (Wildman–Crippen LogP) is 1.66. The third-order valence-electron chi connectivity index (χ3n) is 2.79. The molecule has 0 radical (unpaired) electrons. The molecule has 0 aliphatic heterocycles. The number of allylic oxidation sites excluding steroid dienone is 1. The summed E-state index contributed by atoms with van der Waals surface area (Å²) in [4.78, 5) is 21.9. The summed E-state index contributed by atoms with van der Waals surface area (Å²) in [6.07, 6.45) is 5.01. The first-order valence-electron chi connectivity index (χ1n) is 4.66. The average Bonchev–Trinajstić information content (AvgIpc) is 2.17. The molecule has 1 aliphatic carbocycles. The molecular formula is C10H14O4. The third kappa shape index (κ3) is 1.64. The zero-order valence-corrected chi connectivity index (χ0v) is 8.12. The van der Waals surface area contributed by atoms with E-state index < -0.39 is 17.4 Å². The van der Waals surface area contributed by atoms with Gasteiger partial charge in [0.25, 0.3) is 0 Å². The van der Waals surface area contributed by atoms with Gasteiger partial charge in [-0.2, -0.15) is 0 Å². The number of hydrogen-bond donors (Lipinski definition) is 2. The van der Waals surface area contributed by atoms with Gasteiger partial charge in [0.15, 0.2) is 5.41 Å². The third-order valence-corrected chi connectivity index (χ3v) is 2.79. The van der Waals surface area contributed by atoms with Crippen LogP contribution in [-0.2, 0) is 9.59 Å². The second-order valence-electron chi connectivity index (χ2n) is 3.71. The molecule has 0 heterocycles. The number of carbonyl (C=O) groups is 2. The van der Waals surface area contributed by atoms with Gasteiger partial charge < -0.3 is 10.2 Å². The Morgan fingerprint density at radius 1 is 1.29 bits per heavy atom. The van der Waals surface area contributed by atoms with E-state index in [-0.39, 0.29) is 0 Å². The van der Waals surface area contributed by atoms with Crippen molar-refractivity contribution in [3.8, 4) is 0 Å². The highest BCUT2D eigenvalue weighted by atomic mass is 16.4. The van der Waals surface area contributed by atoms with Crippen LogP contribution in [0, 0.1) is 5.41 Å². The number of hydrogen-bond acceptors (Lipinski definition) is 2. The molecule has 14 heavy (non-hydrogen) atoms. The van der Waals surface area contributed by atoms with Gasteiger partial charge >= 0.3 is 11.9 Å². The van der Waals surface area contributed by atoms with E-state index in [1.165, 1.54) is 6.92 Å². The molecule has 0 aromatic rings. The lowest BCUT2D eigenvalue weighted by atomic mass is 9.77. The summed E-state index contributed by atoms with van der Waals surface area (Å²) in [5.41, 5.74) is -1.20. The van der Waals surface area contributed by atoms with Gasteiger partial charge in [-0.3, -0.25) is 9.59 Å². The first-order valence-corrected chi connectivity index (χ1v) is 4.66. The Bertz CT molecular complexity index is 276. The average molecular weight is 198 g/mol. The van der Waals surface area contributed by atoms with Gasteiger partial charge in [0.1, 0.15) is 0 Å². The highest BCUT2D eigenvalue weighted by Gasteiger charge is 2.44. The van der Waals surface area contributed by atoms with E-state index in [9.17, 15) is 9.59 Å². The standard InChI is InChI=1S/C10H14O4/c1-10(8(11)12,9(13)14)7-5-3-2-4-6-7/h5H,2-4,6H2,1H3,(H,11,12)(H,13,14). The molecule has 0 atom stereocenters. The fourth-order valence-corrected chi connectivity index (χ4v) is 1.66. The summed E-state index contributed by atoms with van der Waals surface area (Å²) >= 11 is 0. The van der Waals surface area contributed by atoms with Gasteiger partial charge in [-0.1, -0.05) is 6.08 Å². The number of carboxylic acids is 2. The Hall–Kier alpha value is -1.32. The van der Waals surface area contributed by atoms with Gasteiger partial charge in [-0.05, 0) is 38.2 Å². The van der Waals surface area contributed by atoms with Gasteiger partial charge in [0, 0.05) is 0 Å². The van der Waals surface area contributed by atoms with E-state index in [0.717, 1.165) is 19.3 Å². The molecule has 0 saturated carbocycles. The Morgan fingerprint density at radius 2 is 1.86 bits per heavy atom. The maximum atomic E-state index is 10.9. The molecule has 0 unspecified atom stereocenters. The van der Waals surface area contributed by atoms with Crippen molar-refractivity contribution in [1.82, 2.24) is 0 Å². The molecule has 0 amide bonds. The summed E-state index contributed by atoms with van der Waals surface area (Å²) in [6.45, 7) is 1.26. The van der Waals surface area contributed by atoms with E-state index in [4.69, 9.17) is 10.2 Å². The molecule has 1 rings (SSSR count). The Labute approximate surface area is 82.2 Å². The summed E-state index contributed by atoms with van der Waals surface area (Å²) in [6, 6.07) is 0. The molecule has 0 fully saturated rings. The predicted molar refractivity (Wildman–Crippen MR) is 49.9 cm³/mol. The zero-order valence-electron chi connectivity index (χ0n) is 8.12. The molecule has 0 aromatic heterocycles. The lowest BCUT2D eigenvalue weighted by Gasteiger charge is -2.25. The van der Waals surface area contributed by atoms with Crippen molar-refractivity contribution in [2.75, 3.05) is 0 Å². The van der Waals surface area contributed by atoms with Crippen LogP contribution in [-0.4, -0.2) is 22.2 Å². The van der Waals surface area contributed by atoms with Crippen molar-refractivity contribution < 1.29 is 19.8 Å². The van der Waals surface area contributed by atoms with Gasteiger partial charge in [0.2, 0.25) is 0 Å². The molecule has 1 aliphatic rings. The molecule has 0 saturated heterocycles. The summed E-state index contributed by atoms with van der Waals surface area (Å²) < 4.78 is 0. The number of aliphatic carboxylic acids is 2. The lowest BCUT2D eigenvalue weighted by molar-refractivity contribution is -0.160. The summed E-state index contributed by atoms with van der Waals surface area (Å²) in [7, 11) is 0. The summed E-state index contributed by atoms with van der Waals surface area (Å²) in [5, 5.41) is 17.9. The zero-order chi connectivity index (χ0) is 10.8. The normalized spacial score (nSPS) is 17.4. The van der Waals surface area contributed by atoms with Crippen LogP contribution < -0.4 is 0 Å². The molecule has 4 heteroatoms. The van der Waals surface area contributed by atoms with E-state index in [1.54, 1.807) is 6.08 Å². The van der Waals surface area contributed by atoms with E-state index in [2.05, 4.69) is 0 Å². The first-order chi connectivity index (χ1) is 6.49. The second-order valence-corrected chi connectivity index (χ2v) is 3.71. The molecule has 0 spiro atoms. The summed E-state index contributed by atoms with van der Waals surface area (Å²) in [5.74, 6) is -2.56. The topological polar surface area (TPSA) is 74.6 Å². The molecule has 0 bridgehead atoms. The minimum Gasteiger partial charge on any atom is -0.480 e. The van der Waals surface area contributed by atoms with E-state index in [0.29, 0.717) is 12.0 Å². The van der Waals surface area contributed by atoms with Gasteiger partial charge in [-0.15, -0.1) is 0 Å². The molecular weight excluding hydrogens is 184 g/mol. The van der Waals surface area contributed by atoms with Crippen LogP contribution in [0.5, 0.6) is 0 Å². The molecule has 2 N–H and O–H groups in total. The van der Waals surface area contributed by atoms with E-state index in [1.807, 2.05) is 0 Å². The maximum absolute atomic E-state index is 10.9. The first kappa shape index (κ1) is 10.8. The highest BCUT2D eigenvalue weighted by Crippen LogP contribution is 2.34. The van der Waals surface area contributed by atoms with Crippen molar-refractivity contribution in [1.29, 1.82) is 0 Å². The van der Waals surface area contributed by atoms with Crippen LogP contribution in [0.1, 0.15) is 32.6 Å². The van der Waals surface area contributed by atoms with Gasteiger partial charge in [-0.25, -0.2) is 0 Å². The van der Waals surface area contributed by atoms with Crippen LogP contribution >= 0.6 is 0 Å². The molecule has 78 valence electrons. The van der Waals surface area contributed by atoms with Gasteiger partial charge in [0.05, 0.1) is 0 Å². The minimum absolute atomic E-state index is 0.531. The SMILES string of the molecule is CC(C(=O)O)(C(=O)O)C1=CCCCC1. The largest absolute Gasteiger partial charge is 0.480 e. The highest BCUT2D eigenvalue weighted by molar-refractivity contribution is 6.01. The Balaban J connectivity index is 3.04. The van der Waals surface area contributed by atoms with E-state index >= 15 is 0 Å². The lowest BCUT2D eigenvalue weighted by Crippen LogP contribution is -2.38. The second kappa shape index (κ2) is 3.82. The number of rotatable bonds is 3. The van der Waals surface area contributed by atoms with Crippen LogP contribution in [0.3, 0.4) is 0 Å². The smallest absolute Gasteiger partial charge is 0.324 e. The van der Waals surface area contributed by atoms with Crippen molar-refractivity contribution in [3.05, 3.63) is 11.6 Å². The van der Waals surface area contributed by atoms with Crippen LogP contribution in [0.25, 0.3) is 0 Å². The quantitative estimate of drug-likeness (QED) is 0.534. The Morgan fingerprint density at radius 3 is 2.21 bits per heavy atom.